The SMILES string of the molecule is CC(C)(C)OC(=O)NCc1cncc(B(O)O)c1. The van der Waals surface area contributed by atoms with Crippen molar-refractivity contribution in [2.24, 2.45) is 0 Å². The van der Waals surface area contributed by atoms with Crippen molar-refractivity contribution < 1.29 is 19.6 Å². The normalized spacial score (nSPS) is 10.9. The topological polar surface area (TPSA) is 91.7 Å². The molecule has 0 unspecified atom stereocenters. The van der Waals surface area contributed by atoms with Gasteiger partial charge in [0.05, 0.1) is 0 Å². The number of nitrogens with one attached hydrogen (secondary N) is 1. The number of carbonyl (C=O) groups excluding carboxylic acids is 1. The van der Waals surface area contributed by atoms with Crippen molar-refractivity contribution in [3.8, 4) is 0 Å². The van der Waals surface area contributed by atoms with E-state index in [2.05, 4.69) is 10.3 Å². The van der Waals surface area contributed by atoms with Crippen LogP contribution in [-0.2, 0) is 11.3 Å². The molecule has 18 heavy (non-hydrogen) atoms. The zero-order valence-electron chi connectivity index (χ0n) is 10.7. The van der Waals surface area contributed by atoms with E-state index in [0.29, 0.717) is 5.56 Å². The number of carbonyl (C=O) groups is 1. The van der Waals surface area contributed by atoms with Crippen molar-refractivity contribution in [1.29, 1.82) is 0 Å². The Bertz CT molecular complexity index is 418. The van der Waals surface area contributed by atoms with E-state index in [0.717, 1.165) is 0 Å². The molecule has 3 N–H and O–H groups in total. The minimum atomic E-state index is -1.57. The van der Waals surface area contributed by atoms with Crippen molar-refractivity contribution >= 4 is 18.7 Å². The largest absolute Gasteiger partial charge is 0.490 e. The molecule has 1 aromatic heterocycles. The zero-order chi connectivity index (χ0) is 13.8. The van der Waals surface area contributed by atoms with Gasteiger partial charge in [-0.1, -0.05) is 6.07 Å². The number of amides is 1. The Morgan fingerprint density at radius 2 is 2.11 bits per heavy atom. The quantitative estimate of drug-likeness (QED) is 0.647. The van der Waals surface area contributed by atoms with Crippen LogP contribution >= 0.6 is 0 Å². The summed E-state index contributed by atoms with van der Waals surface area (Å²) in [6.45, 7) is 5.53. The van der Waals surface area contributed by atoms with E-state index in [1.54, 1.807) is 26.8 Å². The van der Waals surface area contributed by atoms with Crippen LogP contribution in [0.4, 0.5) is 4.79 Å². The molecular formula is C11H17BN2O4. The third kappa shape index (κ3) is 5.16. The average molecular weight is 252 g/mol. The van der Waals surface area contributed by atoms with E-state index in [9.17, 15) is 4.79 Å². The molecule has 0 aromatic carbocycles. The highest BCUT2D eigenvalue weighted by atomic mass is 16.6. The molecular weight excluding hydrogens is 235 g/mol. The lowest BCUT2D eigenvalue weighted by Gasteiger charge is -2.19. The van der Waals surface area contributed by atoms with Gasteiger partial charge in [-0.25, -0.2) is 4.79 Å². The molecule has 1 heterocycles. The van der Waals surface area contributed by atoms with Crippen LogP contribution in [0.15, 0.2) is 18.5 Å². The van der Waals surface area contributed by atoms with E-state index < -0.39 is 18.8 Å². The third-order valence-corrected chi connectivity index (χ3v) is 1.95. The molecule has 7 heteroatoms. The molecule has 0 spiro atoms. The fourth-order valence-electron chi connectivity index (χ4n) is 1.23. The zero-order valence-corrected chi connectivity index (χ0v) is 10.7. The number of pyridine rings is 1. The summed E-state index contributed by atoms with van der Waals surface area (Å²) in [5.74, 6) is 0. The summed E-state index contributed by atoms with van der Waals surface area (Å²) >= 11 is 0. The Hall–Kier alpha value is -1.60. The second kappa shape index (κ2) is 5.84. The molecule has 0 aliphatic rings. The lowest BCUT2D eigenvalue weighted by molar-refractivity contribution is 0.0523. The Kier molecular flexibility index (Phi) is 4.69. The highest BCUT2D eigenvalue weighted by Gasteiger charge is 2.16. The van der Waals surface area contributed by atoms with Gasteiger partial charge in [-0.15, -0.1) is 0 Å². The van der Waals surface area contributed by atoms with Crippen LogP contribution < -0.4 is 10.8 Å². The predicted octanol–water partition coefficient (Wildman–Crippen LogP) is -0.214. The van der Waals surface area contributed by atoms with Crippen molar-refractivity contribution in [1.82, 2.24) is 10.3 Å². The summed E-state index contributed by atoms with van der Waals surface area (Å²) in [5, 5.41) is 20.5. The van der Waals surface area contributed by atoms with E-state index in [4.69, 9.17) is 14.8 Å². The van der Waals surface area contributed by atoms with E-state index >= 15 is 0 Å². The van der Waals surface area contributed by atoms with Crippen LogP contribution in [0.1, 0.15) is 26.3 Å². The molecule has 1 rings (SSSR count). The van der Waals surface area contributed by atoms with Gasteiger partial charge in [0, 0.05) is 24.4 Å². The van der Waals surface area contributed by atoms with Gasteiger partial charge in [-0.05, 0) is 26.3 Å². The monoisotopic (exact) mass is 252 g/mol. The standard InChI is InChI=1S/C11H17BN2O4/c1-11(2,3)18-10(15)14-6-8-4-9(12(16)17)7-13-5-8/h4-5,7,16-17H,6H2,1-3H3,(H,14,15). The van der Waals surface area contributed by atoms with Crippen LogP contribution in [0.3, 0.4) is 0 Å². The molecule has 0 fully saturated rings. The summed E-state index contributed by atoms with van der Waals surface area (Å²) in [7, 11) is -1.57. The number of aromatic nitrogens is 1. The lowest BCUT2D eigenvalue weighted by atomic mass is 9.81. The lowest BCUT2D eigenvalue weighted by Crippen LogP contribution is -2.33. The Morgan fingerprint density at radius 3 is 2.67 bits per heavy atom. The van der Waals surface area contributed by atoms with Crippen molar-refractivity contribution in [2.75, 3.05) is 0 Å². The maximum Gasteiger partial charge on any atom is 0.490 e. The van der Waals surface area contributed by atoms with Crippen molar-refractivity contribution in [3.05, 3.63) is 24.0 Å². The van der Waals surface area contributed by atoms with Crippen LogP contribution in [0.5, 0.6) is 0 Å². The number of hydrogen-bond acceptors (Lipinski definition) is 5. The summed E-state index contributed by atoms with van der Waals surface area (Å²) < 4.78 is 5.07. The van der Waals surface area contributed by atoms with Crippen molar-refractivity contribution in [2.45, 2.75) is 32.9 Å². The summed E-state index contributed by atoms with van der Waals surface area (Å²) in [6.07, 6.45) is 2.35. The second-order valence-corrected chi connectivity index (χ2v) is 4.86. The number of hydrogen-bond donors (Lipinski definition) is 3. The molecule has 1 aromatic rings. The van der Waals surface area contributed by atoms with Gasteiger partial charge in [-0.3, -0.25) is 4.98 Å². The van der Waals surface area contributed by atoms with E-state index in [1.807, 2.05) is 0 Å². The number of alkyl carbamates (subject to hydrolysis) is 1. The second-order valence-electron chi connectivity index (χ2n) is 4.86. The van der Waals surface area contributed by atoms with Gasteiger partial charge in [0.15, 0.2) is 0 Å². The maximum absolute atomic E-state index is 11.4. The molecule has 0 saturated carbocycles. The molecule has 0 atom stereocenters. The molecule has 1 amide bonds. The van der Waals surface area contributed by atoms with E-state index in [-0.39, 0.29) is 12.0 Å². The Balaban J connectivity index is 2.53. The molecule has 6 nitrogen and oxygen atoms in total. The van der Waals surface area contributed by atoms with Gasteiger partial charge in [-0.2, -0.15) is 0 Å². The first-order chi connectivity index (χ1) is 8.28. The summed E-state index contributed by atoms with van der Waals surface area (Å²) in [6, 6.07) is 1.55. The molecule has 98 valence electrons. The maximum atomic E-state index is 11.4. The molecule has 0 saturated heterocycles. The highest BCUT2D eigenvalue weighted by molar-refractivity contribution is 6.58. The molecule has 0 aliphatic carbocycles. The smallest absolute Gasteiger partial charge is 0.444 e. The fraction of sp³-hybridized carbons (Fsp3) is 0.455. The Morgan fingerprint density at radius 1 is 1.44 bits per heavy atom. The average Bonchev–Trinajstić information content (AvgIpc) is 2.24. The van der Waals surface area contributed by atoms with Crippen LogP contribution in [0.25, 0.3) is 0 Å². The van der Waals surface area contributed by atoms with Gasteiger partial charge in [0.25, 0.3) is 0 Å². The first-order valence-corrected chi connectivity index (χ1v) is 5.55. The van der Waals surface area contributed by atoms with Crippen LogP contribution in [-0.4, -0.2) is 33.8 Å². The third-order valence-electron chi connectivity index (χ3n) is 1.95. The first kappa shape index (κ1) is 14.5. The van der Waals surface area contributed by atoms with E-state index in [1.165, 1.54) is 12.4 Å². The molecule has 0 bridgehead atoms. The predicted molar refractivity (Wildman–Crippen MR) is 67.1 cm³/mol. The number of rotatable bonds is 3. The van der Waals surface area contributed by atoms with Gasteiger partial charge >= 0.3 is 13.2 Å². The van der Waals surface area contributed by atoms with Gasteiger partial charge in [0.1, 0.15) is 5.60 Å². The summed E-state index contributed by atoms with van der Waals surface area (Å²) in [5.41, 5.74) is 0.385. The van der Waals surface area contributed by atoms with Crippen molar-refractivity contribution in [3.63, 3.8) is 0 Å². The highest BCUT2D eigenvalue weighted by Crippen LogP contribution is 2.06. The minimum Gasteiger partial charge on any atom is -0.444 e. The summed E-state index contributed by atoms with van der Waals surface area (Å²) in [4.78, 5) is 15.2. The number of ether oxygens (including phenoxy) is 1. The number of nitrogens with zero attached hydrogens (tertiary/aromatic N) is 1. The van der Waals surface area contributed by atoms with Crippen LogP contribution in [0, 0.1) is 0 Å². The fourth-order valence-corrected chi connectivity index (χ4v) is 1.23. The minimum absolute atomic E-state index is 0.211. The van der Waals surface area contributed by atoms with Gasteiger partial charge in [0.2, 0.25) is 0 Å². The first-order valence-electron chi connectivity index (χ1n) is 5.55. The van der Waals surface area contributed by atoms with Gasteiger partial charge < -0.3 is 20.1 Å². The molecule has 0 radical (unpaired) electrons. The molecule has 0 aliphatic heterocycles. The van der Waals surface area contributed by atoms with Crippen LogP contribution in [0.2, 0.25) is 0 Å². The Labute approximate surface area is 106 Å².